The molecule has 2 heterocycles. The second-order valence-electron chi connectivity index (χ2n) is 5.69. The van der Waals surface area contributed by atoms with Crippen LogP contribution in [0.3, 0.4) is 0 Å². The number of aromatic nitrogens is 2. The van der Waals surface area contributed by atoms with Gasteiger partial charge in [-0.2, -0.15) is 0 Å². The Kier molecular flexibility index (Phi) is 3.58. The van der Waals surface area contributed by atoms with E-state index in [9.17, 15) is 9.59 Å². The van der Waals surface area contributed by atoms with Gasteiger partial charge in [0, 0.05) is 18.5 Å². The molecular weight excluding hydrogens is 264 g/mol. The standard InChI is InChI=1S/C12H18N4O2S/c1-7-14-15-11(19-7)13-10(18)8-5-9(17)16(6-8)12(2,3)4/h8H,5-6H2,1-4H3,(H,13,15,18). The number of nitrogens with one attached hydrogen (secondary N) is 1. The van der Waals surface area contributed by atoms with Gasteiger partial charge in [0.05, 0.1) is 5.92 Å². The number of nitrogens with zero attached hydrogens (tertiary/aromatic N) is 3. The van der Waals surface area contributed by atoms with Crippen molar-refractivity contribution in [2.75, 3.05) is 11.9 Å². The summed E-state index contributed by atoms with van der Waals surface area (Å²) >= 11 is 1.33. The third kappa shape index (κ3) is 3.09. The molecule has 1 aromatic heterocycles. The van der Waals surface area contributed by atoms with E-state index in [0.29, 0.717) is 11.7 Å². The van der Waals surface area contributed by atoms with E-state index in [2.05, 4.69) is 15.5 Å². The van der Waals surface area contributed by atoms with Crippen LogP contribution in [0.1, 0.15) is 32.2 Å². The van der Waals surface area contributed by atoms with E-state index in [-0.39, 0.29) is 29.7 Å². The number of carbonyl (C=O) groups excluding carboxylic acids is 2. The molecule has 1 fully saturated rings. The monoisotopic (exact) mass is 282 g/mol. The fraction of sp³-hybridized carbons (Fsp3) is 0.667. The van der Waals surface area contributed by atoms with Gasteiger partial charge in [0.2, 0.25) is 16.9 Å². The summed E-state index contributed by atoms with van der Waals surface area (Å²) < 4.78 is 0. The molecule has 7 heteroatoms. The van der Waals surface area contributed by atoms with E-state index in [1.54, 1.807) is 4.90 Å². The number of hydrogen-bond donors (Lipinski definition) is 1. The summed E-state index contributed by atoms with van der Waals surface area (Å²) in [6, 6.07) is 0. The number of aryl methyl sites for hydroxylation is 1. The molecule has 0 bridgehead atoms. The molecular formula is C12H18N4O2S. The number of likely N-dealkylation sites (tertiary alicyclic amines) is 1. The third-order valence-electron chi connectivity index (χ3n) is 3.06. The van der Waals surface area contributed by atoms with Crippen molar-refractivity contribution in [1.82, 2.24) is 15.1 Å². The molecule has 0 saturated carbocycles. The maximum Gasteiger partial charge on any atom is 0.231 e. The zero-order valence-electron chi connectivity index (χ0n) is 11.6. The van der Waals surface area contributed by atoms with Crippen LogP contribution in [0.2, 0.25) is 0 Å². The van der Waals surface area contributed by atoms with Crippen LogP contribution in [0, 0.1) is 12.8 Å². The van der Waals surface area contributed by atoms with E-state index < -0.39 is 0 Å². The fourth-order valence-electron chi connectivity index (χ4n) is 2.09. The van der Waals surface area contributed by atoms with E-state index in [0.717, 1.165) is 5.01 Å². The quantitative estimate of drug-likeness (QED) is 0.890. The Morgan fingerprint density at radius 2 is 2.11 bits per heavy atom. The number of hydrogen-bond acceptors (Lipinski definition) is 5. The van der Waals surface area contributed by atoms with Gasteiger partial charge >= 0.3 is 0 Å². The largest absolute Gasteiger partial charge is 0.337 e. The molecule has 1 N–H and O–H groups in total. The van der Waals surface area contributed by atoms with Gasteiger partial charge in [-0.1, -0.05) is 11.3 Å². The van der Waals surface area contributed by atoms with Gasteiger partial charge in [-0.15, -0.1) is 10.2 Å². The van der Waals surface area contributed by atoms with Crippen LogP contribution < -0.4 is 5.32 Å². The van der Waals surface area contributed by atoms with Crippen LogP contribution in [-0.2, 0) is 9.59 Å². The van der Waals surface area contributed by atoms with Crippen molar-refractivity contribution in [2.24, 2.45) is 5.92 Å². The number of anilines is 1. The van der Waals surface area contributed by atoms with Gasteiger partial charge < -0.3 is 10.2 Å². The summed E-state index contributed by atoms with van der Waals surface area (Å²) in [7, 11) is 0. The average Bonchev–Trinajstić information content (AvgIpc) is 2.84. The number of rotatable bonds is 2. The van der Waals surface area contributed by atoms with Crippen molar-refractivity contribution >= 4 is 28.3 Å². The van der Waals surface area contributed by atoms with Crippen molar-refractivity contribution in [3.63, 3.8) is 0 Å². The minimum Gasteiger partial charge on any atom is -0.337 e. The third-order valence-corrected chi connectivity index (χ3v) is 3.82. The van der Waals surface area contributed by atoms with Gasteiger partial charge in [-0.3, -0.25) is 9.59 Å². The first-order valence-corrected chi connectivity index (χ1v) is 7.00. The Balaban J connectivity index is 2.00. The lowest BCUT2D eigenvalue weighted by molar-refractivity contribution is -0.131. The Hall–Kier alpha value is -1.50. The smallest absolute Gasteiger partial charge is 0.231 e. The minimum atomic E-state index is -0.309. The Bertz CT molecular complexity index is 506. The topological polar surface area (TPSA) is 75.2 Å². The molecule has 0 spiro atoms. The van der Waals surface area contributed by atoms with Crippen LogP contribution >= 0.6 is 11.3 Å². The Morgan fingerprint density at radius 1 is 1.42 bits per heavy atom. The van der Waals surface area contributed by atoms with Crippen LogP contribution in [0.4, 0.5) is 5.13 Å². The highest BCUT2D eigenvalue weighted by Gasteiger charge is 2.39. The maximum absolute atomic E-state index is 12.1. The van der Waals surface area contributed by atoms with Gasteiger partial charge in [-0.05, 0) is 27.7 Å². The van der Waals surface area contributed by atoms with Crippen LogP contribution in [0.25, 0.3) is 0 Å². The van der Waals surface area contributed by atoms with E-state index >= 15 is 0 Å². The first kappa shape index (κ1) is 13.9. The molecule has 1 atom stereocenters. The highest BCUT2D eigenvalue weighted by atomic mass is 32.1. The summed E-state index contributed by atoms with van der Waals surface area (Å²) in [5, 5.41) is 11.7. The molecule has 1 aromatic rings. The van der Waals surface area contributed by atoms with Gasteiger partial charge in [0.1, 0.15) is 5.01 Å². The summed E-state index contributed by atoms with van der Waals surface area (Å²) in [5.74, 6) is -0.437. The van der Waals surface area contributed by atoms with E-state index in [1.165, 1.54) is 11.3 Å². The van der Waals surface area contributed by atoms with Crippen molar-refractivity contribution in [1.29, 1.82) is 0 Å². The second-order valence-corrected chi connectivity index (χ2v) is 6.87. The number of carbonyl (C=O) groups is 2. The van der Waals surface area contributed by atoms with Gasteiger partial charge in [-0.25, -0.2) is 0 Å². The van der Waals surface area contributed by atoms with Crippen LogP contribution in [0.5, 0.6) is 0 Å². The van der Waals surface area contributed by atoms with Crippen molar-refractivity contribution in [2.45, 2.75) is 39.7 Å². The molecule has 6 nitrogen and oxygen atoms in total. The molecule has 0 radical (unpaired) electrons. The lowest BCUT2D eigenvalue weighted by atomic mass is 10.1. The minimum absolute atomic E-state index is 0.0288. The predicted molar refractivity (Wildman–Crippen MR) is 72.8 cm³/mol. The average molecular weight is 282 g/mol. The first-order valence-electron chi connectivity index (χ1n) is 6.19. The molecule has 1 aliphatic rings. The predicted octanol–water partition coefficient (Wildman–Crippen LogP) is 1.43. The zero-order valence-corrected chi connectivity index (χ0v) is 12.4. The second kappa shape index (κ2) is 4.88. The number of amides is 2. The fourth-order valence-corrected chi connectivity index (χ4v) is 2.68. The molecule has 19 heavy (non-hydrogen) atoms. The molecule has 1 saturated heterocycles. The molecule has 0 aromatic carbocycles. The molecule has 0 aliphatic carbocycles. The molecule has 104 valence electrons. The Labute approximate surface area is 116 Å². The Morgan fingerprint density at radius 3 is 2.58 bits per heavy atom. The lowest BCUT2D eigenvalue weighted by Crippen LogP contribution is -2.42. The molecule has 1 unspecified atom stereocenters. The van der Waals surface area contributed by atoms with Crippen molar-refractivity contribution in [3.05, 3.63) is 5.01 Å². The summed E-state index contributed by atoms with van der Waals surface area (Å²) in [4.78, 5) is 25.8. The molecule has 2 rings (SSSR count). The summed E-state index contributed by atoms with van der Waals surface area (Å²) in [6.45, 7) is 8.21. The van der Waals surface area contributed by atoms with Crippen molar-refractivity contribution in [3.8, 4) is 0 Å². The first-order chi connectivity index (χ1) is 8.77. The SMILES string of the molecule is Cc1nnc(NC(=O)C2CC(=O)N(C(C)(C)C)C2)s1. The van der Waals surface area contributed by atoms with E-state index in [4.69, 9.17) is 0 Å². The maximum atomic E-state index is 12.1. The van der Waals surface area contributed by atoms with Gasteiger partial charge in [0.15, 0.2) is 0 Å². The summed E-state index contributed by atoms with van der Waals surface area (Å²) in [5.41, 5.74) is -0.245. The molecule has 2 amide bonds. The van der Waals surface area contributed by atoms with Crippen molar-refractivity contribution < 1.29 is 9.59 Å². The van der Waals surface area contributed by atoms with Crippen LogP contribution in [0.15, 0.2) is 0 Å². The normalized spacial score (nSPS) is 19.9. The highest BCUT2D eigenvalue weighted by Crippen LogP contribution is 2.27. The zero-order chi connectivity index (χ0) is 14.2. The van der Waals surface area contributed by atoms with E-state index in [1.807, 2.05) is 27.7 Å². The highest BCUT2D eigenvalue weighted by molar-refractivity contribution is 7.15. The van der Waals surface area contributed by atoms with Gasteiger partial charge in [0.25, 0.3) is 0 Å². The summed E-state index contributed by atoms with van der Waals surface area (Å²) in [6.07, 6.45) is 0.265. The molecule has 1 aliphatic heterocycles. The van der Waals surface area contributed by atoms with Crippen LogP contribution in [-0.4, -0.2) is 39.0 Å². The lowest BCUT2D eigenvalue weighted by Gasteiger charge is -2.31.